The Morgan fingerprint density at radius 2 is 1.84 bits per heavy atom. The molecule has 1 amide bonds. The maximum atomic E-state index is 14.8. The van der Waals surface area contributed by atoms with Crippen LogP contribution in [0.2, 0.25) is 4.34 Å². The number of benzene rings is 1. The second-order valence-corrected chi connectivity index (χ2v) is 10.9. The van der Waals surface area contributed by atoms with Crippen LogP contribution in [-0.2, 0) is 20.7 Å². The van der Waals surface area contributed by atoms with Crippen molar-refractivity contribution in [3.63, 3.8) is 0 Å². The normalized spacial score (nSPS) is 16.7. The molecular formula is C20H23ClF2N2O4S2. The molecule has 170 valence electrons. The minimum atomic E-state index is -4.46. The Kier molecular flexibility index (Phi) is 7.56. The molecular weight excluding hydrogens is 470 g/mol. The fourth-order valence-corrected chi connectivity index (χ4v) is 5.71. The molecule has 3 N–H and O–H groups in total. The zero-order valence-corrected chi connectivity index (χ0v) is 18.9. The van der Waals surface area contributed by atoms with Crippen LogP contribution in [0, 0.1) is 5.92 Å². The largest absolute Gasteiger partial charge is 0.493 e. The van der Waals surface area contributed by atoms with E-state index in [0.29, 0.717) is 29.6 Å². The molecule has 1 aliphatic rings. The molecule has 1 fully saturated rings. The van der Waals surface area contributed by atoms with Crippen molar-refractivity contribution in [3.8, 4) is 5.75 Å². The first-order chi connectivity index (χ1) is 14.6. The van der Waals surface area contributed by atoms with E-state index in [1.807, 2.05) is 0 Å². The summed E-state index contributed by atoms with van der Waals surface area (Å²) in [5.41, 5.74) is 5.09. The molecule has 2 aromatic rings. The van der Waals surface area contributed by atoms with Crippen molar-refractivity contribution in [1.29, 1.82) is 0 Å². The van der Waals surface area contributed by atoms with E-state index < -0.39 is 32.8 Å². The highest BCUT2D eigenvalue weighted by molar-refractivity contribution is 7.89. The highest BCUT2D eigenvalue weighted by Crippen LogP contribution is 2.38. The third-order valence-corrected chi connectivity index (χ3v) is 7.92. The Morgan fingerprint density at radius 3 is 2.39 bits per heavy atom. The van der Waals surface area contributed by atoms with E-state index in [0.717, 1.165) is 18.9 Å². The summed E-state index contributed by atoms with van der Waals surface area (Å²) < 4.78 is 62.3. The van der Waals surface area contributed by atoms with Gasteiger partial charge >= 0.3 is 5.92 Å². The van der Waals surface area contributed by atoms with Gasteiger partial charge in [0.1, 0.15) is 5.75 Å². The monoisotopic (exact) mass is 492 g/mol. The number of amides is 1. The minimum absolute atomic E-state index is 0.0737. The van der Waals surface area contributed by atoms with E-state index in [2.05, 4.69) is 0 Å². The number of hydrogen-bond acceptors (Lipinski definition) is 5. The van der Waals surface area contributed by atoms with E-state index in [9.17, 15) is 22.0 Å². The second-order valence-electron chi connectivity index (χ2n) is 7.47. The average molecular weight is 493 g/mol. The van der Waals surface area contributed by atoms with E-state index in [-0.39, 0.29) is 9.23 Å². The van der Waals surface area contributed by atoms with Crippen molar-refractivity contribution < 1.29 is 26.7 Å². The molecule has 0 bridgehead atoms. The first kappa shape index (κ1) is 23.9. The zero-order chi connectivity index (χ0) is 22.6. The third-order valence-electron chi connectivity index (χ3n) is 5.17. The van der Waals surface area contributed by atoms with Gasteiger partial charge in [-0.3, -0.25) is 4.79 Å². The molecule has 0 radical (unpaired) electrons. The number of carbonyl (C=O) groups excluding carboxylic acids is 1. The van der Waals surface area contributed by atoms with Crippen molar-refractivity contribution in [2.75, 3.05) is 6.61 Å². The van der Waals surface area contributed by atoms with Crippen LogP contribution in [0.5, 0.6) is 5.75 Å². The number of carbonyl (C=O) groups is 1. The molecule has 0 unspecified atom stereocenters. The summed E-state index contributed by atoms with van der Waals surface area (Å²) in [5.74, 6) is -4.43. The number of nitrogens with one attached hydrogen (secondary N) is 1. The summed E-state index contributed by atoms with van der Waals surface area (Å²) >= 11 is 6.23. The van der Waals surface area contributed by atoms with Gasteiger partial charge in [0.15, 0.2) is 6.04 Å². The van der Waals surface area contributed by atoms with Crippen LogP contribution in [0.3, 0.4) is 0 Å². The lowest BCUT2D eigenvalue weighted by molar-refractivity contribution is -0.130. The Morgan fingerprint density at radius 1 is 1.19 bits per heavy atom. The fraction of sp³-hybridized carbons (Fsp3) is 0.450. The summed E-state index contributed by atoms with van der Waals surface area (Å²) in [7, 11) is -4.46. The van der Waals surface area contributed by atoms with Gasteiger partial charge in [0.2, 0.25) is 15.9 Å². The molecule has 1 saturated carbocycles. The Balaban J connectivity index is 1.71. The molecule has 6 nitrogen and oxygen atoms in total. The standard InChI is InChI=1S/C20H23ClF2N2O4S2/c21-17-11-10-16(30-17)20(22,23)18(19(24)26)25-31(27,28)15-8-6-14(7-9-15)29-12-13-4-2-1-3-5-13/h6-11,13,18,25H,1-5,12H2,(H2,24,26)/t18-/m0/s1. The molecule has 1 heterocycles. The van der Waals surface area contributed by atoms with Gasteiger partial charge in [0.05, 0.1) is 20.7 Å². The van der Waals surface area contributed by atoms with Gasteiger partial charge in [-0.15, -0.1) is 11.3 Å². The molecule has 11 heteroatoms. The summed E-state index contributed by atoms with van der Waals surface area (Å²) in [6, 6.07) is 5.15. The molecule has 0 saturated heterocycles. The summed E-state index contributed by atoms with van der Waals surface area (Å²) in [6.45, 7) is 0.545. The number of ether oxygens (including phenoxy) is 1. The van der Waals surface area contributed by atoms with Crippen molar-refractivity contribution in [3.05, 3.63) is 45.6 Å². The number of rotatable bonds is 9. The molecule has 0 spiro atoms. The van der Waals surface area contributed by atoms with Crippen molar-refractivity contribution in [1.82, 2.24) is 4.72 Å². The number of primary amides is 1. The van der Waals surface area contributed by atoms with Crippen molar-refractivity contribution in [2.45, 2.75) is 49.0 Å². The van der Waals surface area contributed by atoms with Gasteiger partial charge in [-0.25, -0.2) is 8.42 Å². The predicted molar refractivity (Wildman–Crippen MR) is 115 cm³/mol. The Hall–Kier alpha value is -1.75. The first-order valence-electron chi connectivity index (χ1n) is 9.78. The van der Waals surface area contributed by atoms with E-state index >= 15 is 0 Å². The topological polar surface area (TPSA) is 98.5 Å². The van der Waals surface area contributed by atoms with Crippen molar-refractivity contribution >= 4 is 38.9 Å². The van der Waals surface area contributed by atoms with E-state index in [1.165, 1.54) is 49.6 Å². The van der Waals surface area contributed by atoms with Crippen LogP contribution in [0.25, 0.3) is 0 Å². The lowest BCUT2D eigenvalue weighted by Gasteiger charge is -2.24. The second kappa shape index (κ2) is 9.81. The van der Waals surface area contributed by atoms with Crippen LogP contribution in [-0.4, -0.2) is 27.0 Å². The minimum Gasteiger partial charge on any atom is -0.493 e. The number of hydrogen-bond donors (Lipinski definition) is 2. The molecule has 1 aliphatic carbocycles. The summed E-state index contributed by atoms with van der Waals surface area (Å²) in [4.78, 5) is 10.8. The van der Waals surface area contributed by atoms with Gasteiger partial charge in [0, 0.05) is 0 Å². The van der Waals surface area contributed by atoms with Crippen LogP contribution >= 0.6 is 22.9 Å². The highest BCUT2D eigenvalue weighted by atomic mass is 35.5. The molecule has 1 atom stereocenters. The number of alkyl halides is 2. The number of thiophene rings is 1. The molecule has 3 rings (SSSR count). The molecule has 1 aromatic heterocycles. The van der Waals surface area contributed by atoms with Gasteiger partial charge in [-0.1, -0.05) is 30.9 Å². The van der Waals surface area contributed by atoms with Crippen LogP contribution < -0.4 is 15.2 Å². The van der Waals surface area contributed by atoms with Gasteiger partial charge in [-0.05, 0) is 55.2 Å². The maximum Gasteiger partial charge on any atom is 0.307 e. The maximum absolute atomic E-state index is 14.8. The molecule has 31 heavy (non-hydrogen) atoms. The quantitative estimate of drug-likeness (QED) is 0.545. The van der Waals surface area contributed by atoms with E-state index in [1.54, 1.807) is 4.72 Å². The van der Waals surface area contributed by atoms with Crippen LogP contribution in [0.15, 0.2) is 41.3 Å². The van der Waals surface area contributed by atoms with Crippen LogP contribution in [0.4, 0.5) is 8.78 Å². The Bertz CT molecular complexity index is 1010. The zero-order valence-electron chi connectivity index (χ0n) is 16.5. The smallest absolute Gasteiger partial charge is 0.307 e. The first-order valence-corrected chi connectivity index (χ1v) is 12.5. The van der Waals surface area contributed by atoms with Crippen molar-refractivity contribution in [2.24, 2.45) is 11.7 Å². The highest BCUT2D eigenvalue weighted by Gasteiger charge is 2.48. The molecule has 0 aliphatic heterocycles. The number of halogens is 3. The van der Waals surface area contributed by atoms with Gasteiger partial charge < -0.3 is 10.5 Å². The molecule has 1 aromatic carbocycles. The summed E-state index contributed by atoms with van der Waals surface area (Å²) in [6.07, 6.45) is 5.81. The van der Waals surface area contributed by atoms with Crippen LogP contribution in [0.1, 0.15) is 37.0 Å². The Labute approximate surface area is 188 Å². The predicted octanol–water partition coefficient (Wildman–Crippen LogP) is 4.28. The number of sulfonamides is 1. The summed E-state index contributed by atoms with van der Waals surface area (Å²) in [5, 5.41) is 0. The van der Waals surface area contributed by atoms with Gasteiger partial charge in [0.25, 0.3) is 0 Å². The lowest BCUT2D eigenvalue weighted by Crippen LogP contribution is -2.53. The van der Waals surface area contributed by atoms with E-state index in [4.69, 9.17) is 22.1 Å². The average Bonchev–Trinajstić information content (AvgIpc) is 3.18. The fourth-order valence-electron chi connectivity index (χ4n) is 3.45. The lowest BCUT2D eigenvalue weighted by atomic mass is 9.90. The third kappa shape index (κ3) is 5.94. The SMILES string of the molecule is NC(=O)[C@H](NS(=O)(=O)c1ccc(OCC2CCCCC2)cc1)C(F)(F)c1ccc(Cl)s1. The van der Waals surface area contributed by atoms with Gasteiger partial charge in [-0.2, -0.15) is 13.5 Å². The number of nitrogens with two attached hydrogens (primary N) is 1.